The van der Waals surface area contributed by atoms with Gasteiger partial charge in [0.1, 0.15) is 0 Å². The van der Waals surface area contributed by atoms with Gasteiger partial charge in [0.15, 0.2) is 0 Å². The van der Waals surface area contributed by atoms with Gasteiger partial charge in [0, 0.05) is 42.3 Å². The standard InChI is InChI=1S/C16H8Cl2N2O2S2/c17-5-1-7-11(21)15(23-13(7)9(19)3-5)16-12(22)8-2-6(18)4-10(20)14(8)24-16/h1-4H,19-20H2/b16-15+. The lowest BCUT2D eigenvalue weighted by Crippen LogP contribution is -2.02. The fourth-order valence-electron chi connectivity index (χ4n) is 2.63. The summed E-state index contributed by atoms with van der Waals surface area (Å²) in [5, 5.41) is 0.771. The number of ketones is 2. The molecule has 0 saturated carbocycles. The molecular weight excluding hydrogens is 387 g/mol. The van der Waals surface area contributed by atoms with Crippen LogP contribution in [0.2, 0.25) is 10.0 Å². The Hall–Kier alpha value is -1.60. The molecule has 4 nitrogen and oxygen atoms in total. The number of Topliss-reactive ketones (excluding diaryl/α,β-unsaturated/α-hetero) is 2. The van der Waals surface area contributed by atoms with Gasteiger partial charge in [0.25, 0.3) is 0 Å². The number of carbonyl (C=O) groups is 2. The van der Waals surface area contributed by atoms with E-state index in [0.29, 0.717) is 52.1 Å². The van der Waals surface area contributed by atoms with E-state index in [0.717, 1.165) is 0 Å². The first-order chi connectivity index (χ1) is 11.4. The summed E-state index contributed by atoms with van der Waals surface area (Å²) in [5.41, 5.74) is 13.6. The minimum atomic E-state index is -0.252. The second kappa shape index (κ2) is 5.46. The van der Waals surface area contributed by atoms with Crippen LogP contribution in [-0.4, -0.2) is 11.6 Å². The molecule has 0 spiro atoms. The average Bonchev–Trinajstić information content (AvgIpc) is 2.99. The molecule has 0 radical (unpaired) electrons. The summed E-state index contributed by atoms with van der Waals surface area (Å²) < 4.78 is 0. The van der Waals surface area contributed by atoms with Gasteiger partial charge >= 0.3 is 0 Å². The van der Waals surface area contributed by atoms with E-state index >= 15 is 0 Å². The maximum atomic E-state index is 12.7. The van der Waals surface area contributed by atoms with E-state index in [1.165, 1.54) is 23.5 Å². The number of thioether (sulfide) groups is 2. The Bertz CT molecular complexity index is 923. The number of nitrogen functional groups attached to an aromatic ring is 2. The van der Waals surface area contributed by atoms with Crippen LogP contribution in [0.4, 0.5) is 11.4 Å². The molecule has 24 heavy (non-hydrogen) atoms. The quantitative estimate of drug-likeness (QED) is 0.499. The smallest absolute Gasteiger partial charge is 0.202 e. The first-order valence-electron chi connectivity index (χ1n) is 6.74. The molecule has 0 bridgehead atoms. The maximum Gasteiger partial charge on any atom is 0.202 e. The molecule has 2 aromatic carbocycles. The lowest BCUT2D eigenvalue weighted by Gasteiger charge is -2.01. The zero-order chi connectivity index (χ0) is 17.2. The summed E-state index contributed by atoms with van der Waals surface area (Å²) in [6.45, 7) is 0. The molecule has 2 aromatic rings. The first-order valence-corrected chi connectivity index (χ1v) is 9.13. The van der Waals surface area contributed by atoms with Gasteiger partial charge in [-0.15, -0.1) is 0 Å². The largest absolute Gasteiger partial charge is 0.398 e. The molecule has 4 rings (SSSR count). The molecule has 0 fully saturated rings. The molecule has 120 valence electrons. The van der Waals surface area contributed by atoms with Gasteiger partial charge in [-0.25, -0.2) is 0 Å². The molecule has 0 aliphatic carbocycles. The van der Waals surface area contributed by atoms with Crippen LogP contribution in [0, 0.1) is 0 Å². The lowest BCUT2D eigenvalue weighted by molar-refractivity contribution is 0.101. The summed E-state index contributed by atoms with van der Waals surface area (Å²) in [4.78, 5) is 27.4. The Labute approximate surface area is 155 Å². The number of carbonyl (C=O) groups excluding carboxylic acids is 2. The van der Waals surface area contributed by atoms with Crippen LogP contribution in [0.25, 0.3) is 0 Å². The highest BCUT2D eigenvalue weighted by atomic mass is 35.5. The molecule has 2 aliphatic heterocycles. The normalized spacial score (nSPS) is 18.9. The molecule has 8 heteroatoms. The second-order valence-electron chi connectivity index (χ2n) is 5.26. The third-order valence-corrected chi connectivity index (χ3v) is 6.75. The molecule has 2 aliphatic rings. The predicted octanol–water partition coefficient (Wildman–Crippen LogP) is 4.65. The number of hydrogen-bond donors (Lipinski definition) is 2. The van der Waals surface area contributed by atoms with Crippen molar-refractivity contribution in [1.29, 1.82) is 0 Å². The van der Waals surface area contributed by atoms with Gasteiger partial charge in [-0.05, 0) is 24.3 Å². The first kappa shape index (κ1) is 15.9. The van der Waals surface area contributed by atoms with Crippen LogP contribution < -0.4 is 11.5 Å². The van der Waals surface area contributed by atoms with Crippen LogP contribution >= 0.6 is 46.7 Å². The number of halogens is 2. The third kappa shape index (κ3) is 2.25. The van der Waals surface area contributed by atoms with Crippen molar-refractivity contribution in [2.45, 2.75) is 9.79 Å². The van der Waals surface area contributed by atoms with Crippen molar-refractivity contribution in [3.63, 3.8) is 0 Å². The molecule has 0 amide bonds. The summed E-state index contributed by atoms with van der Waals surface area (Å²) in [5.74, 6) is -0.505. The van der Waals surface area contributed by atoms with E-state index in [4.69, 9.17) is 34.7 Å². The van der Waals surface area contributed by atoms with Crippen LogP contribution in [0.15, 0.2) is 43.9 Å². The van der Waals surface area contributed by atoms with Gasteiger partial charge in [-0.2, -0.15) is 0 Å². The van der Waals surface area contributed by atoms with Crippen molar-refractivity contribution in [3.05, 3.63) is 55.2 Å². The SMILES string of the molecule is Nc1cc(Cl)cc2c1S/C(=C1/Sc3c(N)cc(Cl)cc3C1=O)C2=O. The van der Waals surface area contributed by atoms with Gasteiger partial charge in [-0.1, -0.05) is 46.7 Å². The molecule has 2 heterocycles. The Kier molecular flexibility index (Phi) is 3.61. The minimum Gasteiger partial charge on any atom is -0.398 e. The highest BCUT2D eigenvalue weighted by Crippen LogP contribution is 2.53. The summed E-state index contributed by atoms with van der Waals surface area (Å²) >= 11 is 14.3. The molecule has 0 unspecified atom stereocenters. The van der Waals surface area contributed by atoms with Crippen LogP contribution in [0.3, 0.4) is 0 Å². The van der Waals surface area contributed by atoms with Gasteiger partial charge in [0.05, 0.1) is 9.81 Å². The molecular formula is C16H8Cl2N2O2S2. The fraction of sp³-hybridized carbons (Fsp3) is 0. The van der Waals surface area contributed by atoms with E-state index in [-0.39, 0.29) is 11.6 Å². The Morgan fingerprint density at radius 2 is 1.08 bits per heavy atom. The van der Waals surface area contributed by atoms with Crippen molar-refractivity contribution in [1.82, 2.24) is 0 Å². The van der Waals surface area contributed by atoms with E-state index in [9.17, 15) is 9.59 Å². The fourth-order valence-corrected chi connectivity index (χ4v) is 5.40. The Morgan fingerprint density at radius 3 is 1.46 bits per heavy atom. The van der Waals surface area contributed by atoms with Gasteiger partial charge in [-0.3, -0.25) is 9.59 Å². The van der Waals surface area contributed by atoms with Crippen molar-refractivity contribution < 1.29 is 9.59 Å². The van der Waals surface area contributed by atoms with E-state index < -0.39 is 0 Å². The van der Waals surface area contributed by atoms with Crippen molar-refractivity contribution >= 4 is 69.7 Å². The molecule has 4 N–H and O–H groups in total. The molecule has 0 saturated heterocycles. The topological polar surface area (TPSA) is 86.2 Å². The maximum absolute atomic E-state index is 12.7. The summed E-state index contributed by atoms with van der Waals surface area (Å²) in [7, 11) is 0. The van der Waals surface area contributed by atoms with E-state index in [1.807, 2.05) is 0 Å². The summed E-state index contributed by atoms with van der Waals surface area (Å²) in [6, 6.07) is 6.31. The highest BCUT2D eigenvalue weighted by molar-refractivity contribution is 8.09. The molecule has 0 aromatic heterocycles. The number of nitrogens with two attached hydrogens (primary N) is 2. The van der Waals surface area contributed by atoms with Gasteiger partial charge in [0.2, 0.25) is 11.6 Å². The van der Waals surface area contributed by atoms with Crippen LogP contribution in [0.1, 0.15) is 20.7 Å². The minimum absolute atomic E-state index is 0.252. The highest BCUT2D eigenvalue weighted by Gasteiger charge is 2.38. The van der Waals surface area contributed by atoms with Crippen molar-refractivity contribution in [2.75, 3.05) is 11.5 Å². The second-order valence-corrected chi connectivity index (χ2v) is 8.18. The number of benzene rings is 2. The zero-order valence-electron chi connectivity index (χ0n) is 11.9. The lowest BCUT2D eigenvalue weighted by atomic mass is 10.1. The zero-order valence-corrected chi connectivity index (χ0v) is 15.0. The van der Waals surface area contributed by atoms with Crippen LogP contribution in [-0.2, 0) is 0 Å². The number of fused-ring (bicyclic) bond motifs is 2. The number of hydrogen-bond acceptors (Lipinski definition) is 6. The monoisotopic (exact) mass is 394 g/mol. The number of rotatable bonds is 0. The van der Waals surface area contributed by atoms with Crippen LogP contribution in [0.5, 0.6) is 0 Å². The Balaban J connectivity index is 1.86. The van der Waals surface area contributed by atoms with E-state index in [2.05, 4.69) is 0 Å². The van der Waals surface area contributed by atoms with Crippen molar-refractivity contribution in [2.24, 2.45) is 0 Å². The van der Waals surface area contributed by atoms with Gasteiger partial charge < -0.3 is 11.5 Å². The number of allylic oxidation sites excluding steroid dienone is 2. The molecule has 0 atom stereocenters. The van der Waals surface area contributed by atoms with Crippen molar-refractivity contribution in [3.8, 4) is 0 Å². The Morgan fingerprint density at radius 1 is 0.708 bits per heavy atom. The predicted molar refractivity (Wildman–Crippen MR) is 99.1 cm³/mol. The third-order valence-electron chi connectivity index (χ3n) is 3.68. The number of anilines is 2. The summed E-state index contributed by atoms with van der Waals surface area (Å²) in [6.07, 6.45) is 0. The average molecular weight is 395 g/mol. The van der Waals surface area contributed by atoms with E-state index in [1.54, 1.807) is 24.3 Å².